The topological polar surface area (TPSA) is 101 Å². The first-order valence-electron chi connectivity index (χ1n) is 6.32. The van der Waals surface area contributed by atoms with Gasteiger partial charge in [-0.3, -0.25) is 9.89 Å². The lowest BCUT2D eigenvalue weighted by Gasteiger charge is -2.05. The van der Waals surface area contributed by atoms with Crippen LogP contribution in [0.1, 0.15) is 22.0 Å². The lowest BCUT2D eigenvalue weighted by molar-refractivity contribution is 0.101. The van der Waals surface area contributed by atoms with E-state index in [4.69, 9.17) is 0 Å². The van der Waals surface area contributed by atoms with Crippen molar-refractivity contribution in [2.24, 2.45) is 0 Å². The molecule has 0 fully saturated rings. The van der Waals surface area contributed by atoms with E-state index in [1.54, 1.807) is 17.9 Å². The van der Waals surface area contributed by atoms with Gasteiger partial charge in [-0.25, -0.2) is 14.6 Å². The Morgan fingerprint density at radius 3 is 2.76 bits per heavy atom. The van der Waals surface area contributed by atoms with Gasteiger partial charge in [0.25, 0.3) is 5.91 Å². The molecule has 21 heavy (non-hydrogen) atoms. The van der Waals surface area contributed by atoms with Crippen LogP contribution in [0, 0.1) is 6.92 Å². The Hall–Kier alpha value is -3.03. The summed E-state index contributed by atoms with van der Waals surface area (Å²) in [6.45, 7) is 2.37. The monoisotopic (exact) mass is 283 g/mol. The number of rotatable bonds is 4. The average molecular weight is 283 g/mol. The van der Waals surface area contributed by atoms with Crippen LogP contribution < -0.4 is 5.32 Å². The van der Waals surface area contributed by atoms with Gasteiger partial charge in [-0.15, -0.1) is 5.10 Å². The second-order valence-corrected chi connectivity index (χ2v) is 4.49. The molecule has 2 aromatic heterocycles. The maximum Gasteiger partial charge on any atom is 0.295 e. The van der Waals surface area contributed by atoms with Gasteiger partial charge in [0.1, 0.15) is 18.5 Å². The number of nitrogens with one attached hydrogen (secondary N) is 2. The highest BCUT2D eigenvalue weighted by molar-refractivity contribution is 6.01. The molecule has 0 spiro atoms. The normalized spacial score (nSPS) is 10.5. The molecular formula is C13H13N7O. The summed E-state index contributed by atoms with van der Waals surface area (Å²) >= 11 is 0. The Morgan fingerprint density at radius 2 is 2.14 bits per heavy atom. The number of aromatic amines is 1. The molecular weight excluding hydrogens is 270 g/mol. The van der Waals surface area contributed by atoms with Crippen LogP contribution in [0.3, 0.4) is 0 Å². The van der Waals surface area contributed by atoms with Crippen LogP contribution in [0.25, 0.3) is 0 Å². The van der Waals surface area contributed by atoms with Crippen LogP contribution in [-0.2, 0) is 6.54 Å². The quantitative estimate of drug-likeness (QED) is 0.744. The maximum atomic E-state index is 11.9. The Kier molecular flexibility index (Phi) is 3.42. The second-order valence-electron chi connectivity index (χ2n) is 4.49. The highest BCUT2D eigenvalue weighted by atomic mass is 16.2. The van der Waals surface area contributed by atoms with E-state index in [0.717, 1.165) is 5.56 Å². The van der Waals surface area contributed by atoms with Gasteiger partial charge >= 0.3 is 0 Å². The number of aryl methyl sites for hydroxylation is 1. The number of hydrogen-bond donors (Lipinski definition) is 2. The highest BCUT2D eigenvalue weighted by Gasteiger charge is 2.11. The number of carbonyl (C=O) groups excluding carboxylic acids is 1. The fraction of sp³-hybridized carbons (Fsp3) is 0.154. The van der Waals surface area contributed by atoms with Crippen LogP contribution in [0.2, 0.25) is 0 Å². The fourth-order valence-corrected chi connectivity index (χ4v) is 1.83. The molecule has 0 radical (unpaired) electrons. The van der Waals surface area contributed by atoms with Crippen molar-refractivity contribution in [1.82, 2.24) is 29.9 Å². The summed E-state index contributed by atoms with van der Waals surface area (Å²) in [7, 11) is 0. The van der Waals surface area contributed by atoms with E-state index in [1.165, 1.54) is 6.33 Å². The SMILES string of the molecule is Cc1nc(C(=O)Nc2ccc(Cn3cncn3)cc2)n[nH]1. The van der Waals surface area contributed by atoms with E-state index >= 15 is 0 Å². The first-order chi connectivity index (χ1) is 10.2. The minimum atomic E-state index is -0.344. The average Bonchev–Trinajstić information content (AvgIpc) is 3.12. The van der Waals surface area contributed by atoms with Crippen LogP contribution in [0.4, 0.5) is 5.69 Å². The van der Waals surface area contributed by atoms with E-state index < -0.39 is 0 Å². The van der Waals surface area contributed by atoms with Gasteiger partial charge in [0, 0.05) is 5.69 Å². The van der Waals surface area contributed by atoms with Crippen LogP contribution in [0.15, 0.2) is 36.9 Å². The standard InChI is InChI=1S/C13H13N7O/c1-9-16-12(19-18-9)13(21)17-11-4-2-10(3-5-11)6-20-8-14-7-15-20/h2-5,7-8H,6H2,1H3,(H,17,21)(H,16,18,19). The molecule has 3 rings (SSSR count). The molecule has 0 unspecified atom stereocenters. The van der Waals surface area contributed by atoms with Crippen LogP contribution in [-0.4, -0.2) is 35.9 Å². The van der Waals surface area contributed by atoms with Gasteiger partial charge < -0.3 is 5.32 Å². The Morgan fingerprint density at radius 1 is 1.33 bits per heavy atom. The third kappa shape index (κ3) is 3.11. The van der Waals surface area contributed by atoms with Crippen LogP contribution in [0.5, 0.6) is 0 Å². The zero-order chi connectivity index (χ0) is 14.7. The zero-order valence-electron chi connectivity index (χ0n) is 11.3. The molecule has 0 saturated carbocycles. The highest BCUT2D eigenvalue weighted by Crippen LogP contribution is 2.11. The number of hydrogen-bond acceptors (Lipinski definition) is 5. The first-order valence-corrected chi connectivity index (χ1v) is 6.32. The summed E-state index contributed by atoms with van der Waals surface area (Å²) in [6.07, 6.45) is 3.15. The summed E-state index contributed by atoms with van der Waals surface area (Å²) in [4.78, 5) is 19.8. The number of nitrogens with zero attached hydrogens (tertiary/aromatic N) is 5. The van der Waals surface area contributed by atoms with Crippen LogP contribution >= 0.6 is 0 Å². The van der Waals surface area contributed by atoms with Crippen molar-refractivity contribution in [1.29, 1.82) is 0 Å². The molecule has 0 aliphatic carbocycles. The van der Waals surface area contributed by atoms with E-state index in [-0.39, 0.29) is 11.7 Å². The molecule has 106 valence electrons. The first kappa shape index (κ1) is 13.0. The number of aromatic nitrogens is 6. The number of H-pyrrole nitrogens is 1. The van der Waals surface area contributed by atoms with Crippen molar-refractivity contribution in [3.05, 3.63) is 54.1 Å². The molecule has 2 heterocycles. The molecule has 3 aromatic rings. The summed E-state index contributed by atoms with van der Waals surface area (Å²) in [6, 6.07) is 7.48. The smallest absolute Gasteiger partial charge is 0.295 e. The molecule has 1 aromatic carbocycles. The van der Waals surface area contributed by atoms with Gasteiger partial charge in [0.2, 0.25) is 5.82 Å². The van der Waals surface area contributed by atoms with Gasteiger partial charge in [-0.05, 0) is 24.6 Å². The number of benzene rings is 1. The maximum absolute atomic E-state index is 11.9. The molecule has 8 heteroatoms. The Balaban J connectivity index is 1.65. The number of anilines is 1. The number of amides is 1. The van der Waals surface area contributed by atoms with Crippen molar-refractivity contribution in [2.75, 3.05) is 5.32 Å². The molecule has 0 saturated heterocycles. The molecule has 8 nitrogen and oxygen atoms in total. The van der Waals surface area contributed by atoms with Crippen molar-refractivity contribution >= 4 is 11.6 Å². The van der Waals surface area contributed by atoms with Gasteiger partial charge in [-0.2, -0.15) is 5.10 Å². The molecule has 0 atom stereocenters. The fourth-order valence-electron chi connectivity index (χ4n) is 1.83. The largest absolute Gasteiger partial charge is 0.319 e. The van der Waals surface area contributed by atoms with Gasteiger partial charge in [0.05, 0.1) is 6.54 Å². The third-order valence-corrected chi connectivity index (χ3v) is 2.82. The van der Waals surface area contributed by atoms with Crippen molar-refractivity contribution in [3.8, 4) is 0 Å². The molecule has 1 amide bonds. The summed E-state index contributed by atoms with van der Waals surface area (Å²) < 4.78 is 1.73. The third-order valence-electron chi connectivity index (χ3n) is 2.82. The lowest BCUT2D eigenvalue weighted by Crippen LogP contribution is -2.13. The van der Waals surface area contributed by atoms with Crippen molar-refractivity contribution in [3.63, 3.8) is 0 Å². The Labute approximate surface area is 120 Å². The van der Waals surface area contributed by atoms with E-state index in [2.05, 4.69) is 30.6 Å². The molecule has 0 bridgehead atoms. The predicted octanol–water partition coefficient (Wildman–Crippen LogP) is 1.01. The van der Waals surface area contributed by atoms with E-state index in [0.29, 0.717) is 18.1 Å². The summed E-state index contributed by atoms with van der Waals surface area (Å²) in [5.74, 6) is 0.380. The van der Waals surface area contributed by atoms with E-state index in [1.807, 2.05) is 24.3 Å². The second kappa shape index (κ2) is 5.53. The van der Waals surface area contributed by atoms with Gasteiger partial charge in [0.15, 0.2) is 0 Å². The minimum absolute atomic E-state index is 0.124. The zero-order valence-corrected chi connectivity index (χ0v) is 11.3. The van der Waals surface area contributed by atoms with Crippen molar-refractivity contribution in [2.45, 2.75) is 13.5 Å². The minimum Gasteiger partial charge on any atom is -0.319 e. The summed E-state index contributed by atoms with van der Waals surface area (Å²) in [5.41, 5.74) is 1.75. The Bertz CT molecular complexity index is 730. The molecule has 0 aliphatic heterocycles. The lowest BCUT2D eigenvalue weighted by atomic mass is 10.2. The van der Waals surface area contributed by atoms with Crippen molar-refractivity contribution < 1.29 is 4.79 Å². The van der Waals surface area contributed by atoms with Gasteiger partial charge in [-0.1, -0.05) is 12.1 Å². The molecule has 2 N–H and O–H groups in total. The predicted molar refractivity (Wildman–Crippen MR) is 74.6 cm³/mol. The summed E-state index contributed by atoms with van der Waals surface area (Å²) in [5, 5.41) is 13.2. The number of carbonyl (C=O) groups is 1. The molecule has 0 aliphatic rings. The van der Waals surface area contributed by atoms with E-state index in [9.17, 15) is 4.79 Å².